The molecule has 0 aromatic heterocycles. The molecule has 1 aliphatic carbocycles. The van der Waals surface area contributed by atoms with Gasteiger partial charge in [0.1, 0.15) is 30.5 Å². The van der Waals surface area contributed by atoms with Crippen LogP contribution in [0.2, 0.25) is 0 Å². The summed E-state index contributed by atoms with van der Waals surface area (Å²) >= 11 is 0. The van der Waals surface area contributed by atoms with Gasteiger partial charge in [-0.2, -0.15) is 0 Å². The largest absolute Gasteiger partial charge is 0.387 e. The van der Waals surface area contributed by atoms with Gasteiger partial charge in [-0.25, -0.2) is 4.39 Å². The Bertz CT molecular complexity index is 107. The van der Waals surface area contributed by atoms with Crippen LogP contribution in [0.4, 0.5) is 4.39 Å². The molecular formula is C6H11FO5. The summed E-state index contributed by atoms with van der Waals surface area (Å²) in [4.78, 5) is 0. The molecule has 0 aromatic rings. The van der Waals surface area contributed by atoms with Crippen LogP contribution in [0.5, 0.6) is 0 Å². The molecule has 0 aliphatic heterocycles. The van der Waals surface area contributed by atoms with Crippen molar-refractivity contribution in [2.24, 2.45) is 0 Å². The molecule has 0 amide bonds. The van der Waals surface area contributed by atoms with Crippen LogP contribution in [-0.4, -0.2) is 62.2 Å². The van der Waals surface area contributed by atoms with Crippen molar-refractivity contribution in [2.75, 3.05) is 0 Å². The van der Waals surface area contributed by atoms with Gasteiger partial charge in [0.2, 0.25) is 0 Å². The van der Waals surface area contributed by atoms with E-state index in [0.29, 0.717) is 0 Å². The van der Waals surface area contributed by atoms with Crippen molar-refractivity contribution >= 4 is 0 Å². The molecule has 0 saturated heterocycles. The van der Waals surface area contributed by atoms with Gasteiger partial charge in [-0.1, -0.05) is 0 Å². The average Bonchev–Trinajstić information content (AvgIpc) is 2.08. The first kappa shape index (κ1) is 9.82. The number of aliphatic hydroxyl groups is 5. The summed E-state index contributed by atoms with van der Waals surface area (Å²) in [5.74, 6) is 0. The summed E-state index contributed by atoms with van der Waals surface area (Å²) < 4.78 is 12.7. The number of rotatable bonds is 0. The van der Waals surface area contributed by atoms with Crippen LogP contribution in [0, 0.1) is 0 Å². The number of hydrogen-bond donors (Lipinski definition) is 5. The van der Waals surface area contributed by atoms with E-state index in [1.807, 2.05) is 0 Å². The van der Waals surface area contributed by atoms with Gasteiger partial charge >= 0.3 is 0 Å². The van der Waals surface area contributed by atoms with Gasteiger partial charge < -0.3 is 25.5 Å². The number of aliphatic hydroxyl groups excluding tert-OH is 5. The molecule has 0 spiro atoms. The molecule has 12 heavy (non-hydrogen) atoms. The van der Waals surface area contributed by atoms with Crippen molar-refractivity contribution in [3.63, 3.8) is 0 Å². The molecule has 1 aliphatic rings. The molecule has 1 rings (SSSR count). The second-order valence-electron chi connectivity index (χ2n) is 2.90. The standard InChI is InChI=1S/C6H11FO5/c7-1-2(8)4(10)6(12)5(11)3(1)9/h1-6,8-12H/t1?,2-,3-,4+,5?,6?/m0/s1/i7-1. The topological polar surface area (TPSA) is 101 Å². The highest BCUT2D eigenvalue weighted by atomic mass is 18.2. The third kappa shape index (κ3) is 1.32. The summed E-state index contributed by atoms with van der Waals surface area (Å²) in [6, 6.07) is 0. The summed E-state index contributed by atoms with van der Waals surface area (Å²) in [5, 5.41) is 44.4. The van der Waals surface area contributed by atoms with Crippen LogP contribution < -0.4 is 0 Å². The molecule has 1 fully saturated rings. The minimum Gasteiger partial charge on any atom is -0.387 e. The molecule has 0 bridgehead atoms. The molecule has 3 unspecified atom stereocenters. The van der Waals surface area contributed by atoms with Crippen LogP contribution in [0.25, 0.3) is 0 Å². The highest BCUT2D eigenvalue weighted by Gasteiger charge is 2.48. The van der Waals surface area contributed by atoms with Crippen molar-refractivity contribution in [3.05, 3.63) is 0 Å². The zero-order chi connectivity index (χ0) is 9.46. The zero-order valence-corrected chi connectivity index (χ0v) is 6.08. The van der Waals surface area contributed by atoms with Crippen molar-refractivity contribution in [1.29, 1.82) is 0 Å². The molecule has 1 saturated carbocycles. The number of halogens is 1. The van der Waals surface area contributed by atoms with Crippen LogP contribution in [-0.2, 0) is 0 Å². The van der Waals surface area contributed by atoms with E-state index in [2.05, 4.69) is 0 Å². The monoisotopic (exact) mass is 181 g/mol. The first-order chi connectivity index (χ1) is 5.46. The minimum absolute atomic E-state index is 1.72. The Labute approximate surface area is 67.7 Å². The van der Waals surface area contributed by atoms with E-state index < -0.39 is 36.7 Å². The summed E-state index contributed by atoms with van der Waals surface area (Å²) in [6.45, 7) is 0. The third-order valence-corrected chi connectivity index (χ3v) is 2.05. The van der Waals surface area contributed by atoms with E-state index in [4.69, 9.17) is 25.5 Å². The highest BCUT2D eigenvalue weighted by molar-refractivity contribution is 4.98. The second kappa shape index (κ2) is 3.23. The Balaban J connectivity index is 2.76. The lowest BCUT2D eigenvalue weighted by Gasteiger charge is -2.38. The van der Waals surface area contributed by atoms with E-state index in [1.165, 1.54) is 0 Å². The first-order valence-electron chi connectivity index (χ1n) is 3.51. The van der Waals surface area contributed by atoms with Gasteiger partial charge in [-0.15, -0.1) is 0 Å². The van der Waals surface area contributed by atoms with Gasteiger partial charge in [-0.3, -0.25) is 0 Å². The third-order valence-electron chi connectivity index (χ3n) is 2.05. The molecule has 0 radical (unpaired) electrons. The van der Waals surface area contributed by atoms with Gasteiger partial charge in [0.15, 0.2) is 6.17 Å². The zero-order valence-electron chi connectivity index (χ0n) is 6.08. The lowest BCUT2D eigenvalue weighted by atomic mass is 9.86. The van der Waals surface area contributed by atoms with E-state index >= 15 is 0 Å². The van der Waals surface area contributed by atoms with Crippen molar-refractivity contribution < 1.29 is 29.9 Å². The molecule has 5 nitrogen and oxygen atoms in total. The predicted octanol–water partition coefficient (Wildman–Crippen LogP) is -2.86. The van der Waals surface area contributed by atoms with Crippen LogP contribution >= 0.6 is 0 Å². The van der Waals surface area contributed by atoms with Gasteiger partial charge in [0, 0.05) is 0 Å². The van der Waals surface area contributed by atoms with Crippen molar-refractivity contribution in [1.82, 2.24) is 0 Å². The fourth-order valence-electron chi connectivity index (χ4n) is 1.18. The SMILES string of the molecule is OC1C(O)[C@H](O)[C@@H](O)C([18F])[C@@H]1O. The molecule has 5 N–H and O–H groups in total. The fraction of sp³-hybridized carbons (Fsp3) is 1.00. The van der Waals surface area contributed by atoms with Crippen LogP contribution in [0.1, 0.15) is 0 Å². The maximum atomic E-state index is 12.7. The van der Waals surface area contributed by atoms with E-state index in [0.717, 1.165) is 0 Å². The highest BCUT2D eigenvalue weighted by Crippen LogP contribution is 2.23. The number of alkyl halides is 1. The lowest BCUT2D eigenvalue weighted by Crippen LogP contribution is -2.62. The lowest BCUT2D eigenvalue weighted by molar-refractivity contribution is -0.206. The first-order valence-corrected chi connectivity index (χ1v) is 3.51. The molecule has 6 atom stereocenters. The van der Waals surface area contributed by atoms with Gasteiger partial charge in [0.25, 0.3) is 0 Å². The van der Waals surface area contributed by atoms with Gasteiger partial charge in [-0.05, 0) is 0 Å². The Morgan fingerprint density at radius 1 is 0.583 bits per heavy atom. The summed E-state index contributed by atoms with van der Waals surface area (Å²) in [7, 11) is 0. The Hall–Kier alpha value is -0.270. The molecule has 0 aromatic carbocycles. The Morgan fingerprint density at radius 3 is 1.17 bits per heavy atom. The second-order valence-corrected chi connectivity index (χ2v) is 2.90. The van der Waals surface area contributed by atoms with Crippen molar-refractivity contribution in [3.8, 4) is 0 Å². The van der Waals surface area contributed by atoms with Gasteiger partial charge in [0.05, 0.1) is 0 Å². The van der Waals surface area contributed by atoms with E-state index in [-0.39, 0.29) is 0 Å². The Morgan fingerprint density at radius 2 is 0.833 bits per heavy atom. The summed E-state index contributed by atoms with van der Waals surface area (Å²) in [6.07, 6.45) is -11.1. The van der Waals surface area contributed by atoms with E-state index in [1.54, 1.807) is 0 Å². The fourth-order valence-corrected chi connectivity index (χ4v) is 1.18. The Kier molecular flexibility index (Phi) is 2.64. The normalized spacial score (nSPS) is 55.5. The minimum atomic E-state index is -2.14. The van der Waals surface area contributed by atoms with E-state index in [9.17, 15) is 4.39 Å². The quantitative estimate of drug-likeness (QED) is 0.277. The molecular weight excluding hydrogens is 170 g/mol. The maximum absolute atomic E-state index is 12.7. The van der Waals surface area contributed by atoms with Crippen LogP contribution in [0.15, 0.2) is 0 Å². The average molecular weight is 181 g/mol. The number of hydrogen-bond acceptors (Lipinski definition) is 5. The molecule has 6 heteroatoms. The van der Waals surface area contributed by atoms with Crippen molar-refractivity contribution in [2.45, 2.75) is 36.7 Å². The van der Waals surface area contributed by atoms with Crippen LogP contribution in [0.3, 0.4) is 0 Å². The molecule has 72 valence electrons. The molecule has 0 heterocycles. The smallest absolute Gasteiger partial charge is 0.157 e. The summed E-state index contributed by atoms with van der Waals surface area (Å²) in [5.41, 5.74) is 0. The maximum Gasteiger partial charge on any atom is 0.157 e. The predicted molar refractivity (Wildman–Crippen MR) is 34.9 cm³/mol.